The van der Waals surface area contributed by atoms with Gasteiger partial charge in [0.25, 0.3) is 0 Å². The lowest BCUT2D eigenvalue weighted by molar-refractivity contribution is -0.111. The molecule has 1 aliphatic rings. The Bertz CT molecular complexity index is 847. The second-order valence-electron chi connectivity index (χ2n) is 6.96. The quantitative estimate of drug-likeness (QED) is 0.831. The van der Waals surface area contributed by atoms with Crippen LogP contribution in [0.3, 0.4) is 0 Å². The summed E-state index contributed by atoms with van der Waals surface area (Å²) in [4.78, 5) is 16.8. The monoisotopic (exact) mass is 360 g/mol. The number of carbonyl (C=O) groups is 1. The maximum atomic E-state index is 12.1. The van der Waals surface area contributed by atoms with Crippen LogP contribution in [-0.4, -0.2) is 44.0 Å². The van der Waals surface area contributed by atoms with E-state index in [1.54, 1.807) is 18.2 Å². The van der Waals surface area contributed by atoms with Gasteiger partial charge in [-0.2, -0.15) is 5.26 Å². The average Bonchev–Trinajstić information content (AvgIpc) is 3.18. The second-order valence-corrected chi connectivity index (χ2v) is 6.96. The molecule has 0 radical (unpaired) electrons. The number of rotatable bonds is 5. The van der Waals surface area contributed by atoms with Crippen LogP contribution in [0.2, 0.25) is 0 Å². The molecule has 1 heterocycles. The Kier molecular flexibility index (Phi) is 5.90. The highest BCUT2D eigenvalue weighted by Crippen LogP contribution is 2.23. The van der Waals surface area contributed by atoms with Crippen LogP contribution in [0.15, 0.2) is 54.6 Å². The molecule has 27 heavy (non-hydrogen) atoms. The van der Waals surface area contributed by atoms with Crippen LogP contribution in [0.5, 0.6) is 0 Å². The minimum Gasteiger partial charge on any atom is -0.370 e. The van der Waals surface area contributed by atoms with Gasteiger partial charge >= 0.3 is 0 Å². The summed E-state index contributed by atoms with van der Waals surface area (Å²) < 4.78 is 0. The molecule has 1 aliphatic heterocycles. The van der Waals surface area contributed by atoms with E-state index in [1.165, 1.54) is 18.2 Å². The van der Waals surface area contributed by atoms with E-state index in [0.717, 1.165) is 24.3 Å². The Morgan fingerprint density at radius 2 is 1.89 bits per heavy atom. The maximum absolute atomic E-state index is 12.1. The van der Waals surface area contributed by atoms with Crippen molar-refractivity contribution < 1.29 is 4.79 Å². The minimum atomic E-state index is -0.180. The van der Waals surface area contributed by atoms with Crippen molar-refractivity contribution in [3.63, 3.8) is 0 Å². The van der Waals surface area contributed by atoms with E-state index in [-0.39, 0.29) is 5.91 Å². The summed E-state index contributed by atoms with van der Waals surface area (Å²) in [6.07, 6.45) is 4.40. The fraction of sp³-hybridized carbons (Fsp3) is 0.273. The van der Waals surface area contributed by atoms with Gasteiger partial charge in [0.2, 0.25) is 5.91 Å². The third-order valence-electron chi connectivity index (χ3n) is 4.86. The van der Waals surface area contributed by atoms with Gasteiger partial charge in [-0.05, 0) is 68.6 Å². The normalized spacial score (nSPS) is 16.7. The van der Waals surface area contributed by atoms with Crippen molar-refractivity contribution in [2.75, 3.05) is 37.4 Å². The van der Waals surface area contributed by atoms with Gasteiger partial charge in [0.1, 0.15) is 0 Å². The topological polar surface area (TPSA) is 59.4 Å². The lowest BCUT2D eigenvalue weighted by Gasteiger charge is -2.22. The number of hydrogen-bond acceptors (Lipinski definition) is 4. The SMILES string of the molecule is CN(C)C1CCN(c2ccc(NC(=O)/C=C/c3ccc(C#N)cc3)cc2)C1. The summed E-state index contributed by atoms with van der Waals surface area (Å²) in [7, 11) is 4.25. The molecule has 1 amide bonds. The zero-order valence-corrected chi connectivity index (χ0v) is 15.7. The van der Waals surface area contributed by atoms with Crippen molar-refractivity contribution in [2.45, 2.75) is 12.5 Å². The number of nitriles is 1. The summed E-state index contributed by atoms with van der Waals surface area (Å²) in [5, 5.41) is 11.7. The first-order valence-corrected chi connectivity index (χ1v) is 9.06. The number of amides is 1. The molecule has 1 unspecified atom stereocenters. The molecule has 5 nitrogen and oxygen atoms in total. The van der Waals surface area contributed by atoms with Gasteiger partial charge in [-0.3, -0.25) is 4.79 Å². The first-order valence-electron chi connectivity index (χ1n) is 9.06. The van der Waals surface area contributed by atoms with E-state index >= 15 is 0 Å². The van der Waals surface area contributed by atoms with E-state index in [4.69, 9.17) is 5.26 Å². The highest BCUT2D eigenvalue weighted by atomic mass is 16.1. The molecule has 0 aliphatic carbocycles. The molecular formula is C22H24N4O. The number of nitrogens with one attached hydrogen (secondary N) is 1. The first kappa shape index (κ1) is 18.7. The molecular weight excluding hydrogens is 336 g/mol. The van der Waals surface area contributed by atoms with Gasteiger partial charge in [-0.1, -0.05) is 12.1 Å². The summed E-state index contributed by atoms with van der Waals surface area (Å²) in [5.41, 5.74) is 3.44. The Balaban J connectivity index is 1.55. The lowest BCUT2D eigenvalue weighted by Crippen LogP contribution is -2.31. The lowest BCUT2D eigenvalue weighted by atomic mass is 10.1. The van der Waals surface area contributed by atoms with Gasteiger partial charge in [-0.15, -0.1) is 0 Å². The Hall–Kier alpha value is -3.10. The first-order chi connectivity index (χ1) is 13.0. The third-order valence-corrected chi connectivity index (χ3v) is 4.86. The van der Waals surface area contributed by atoms with E-state index in [2.05, 4.69) is 47.4 Å². The standard InChI is InChI=1S/C22H24N4O/c1-25(2)21-13-14-26(16-21)20-10-8-19(9-11-20)24-22(27)12-7-17-3-5-18(15-23)6-4-17/h3-12,21H,13-14,16H2,1-2H3,(H,24,27)/b12-7+. The molecule has 0 spiro atoms. The average molecular weight is 360 g/mol. The molecule has 1 saturated heterocycles. The van der Waals surface area contributed by atoms with Crippen molar-refractivity contribution in [1.82, 2.24) is 4.90 Å². The highest BCUT2D eigenvalue weighted by Gasteiger charge is 2.23. The molecule has 0 aromatic heterocycles. The predicted molar refractivity (Wildman–Crippen MR) is 110 cm³/mol. The number of anilines is 2. The summed E-state index contributed by atoms with van der Waals surface area (Å²) >= 11 is 0. The van der Waals surface area contributed by atoms with Crippen LogP contribution in [-0.2, 0) is 4.79 Å². The smallest absolute Gasteiger partial charge is 0.248 e. The largest absolute Gasteiger partial charge is 0.370 e. The molecule has 0 bridgehead atoms. The molecule has 3 rings (SSSR count). The summed E-state index contributed by atoms with van der Waals surface area (Å²) in [5.74, 6) is -0.180. The van der Waals surface area contributed by atoms with Crippen molar-refractivity contribution >= 4 is 23.4 Å². The molecule has 2 aromatic rings. The van der Waals surface area contributed by atoms with Crippen LogP contribution in [0.1, 0.15) is 17.5 Å². The molecule has 1 atom stereocenters. The Morgan fingerprint density at radius 1 is 1.19 bits per heavy atom. The number of benzene rings is 2. The van der Waals surface area contributed by atoms with Gasteiger partial charge < -0.3 is 15.1 Å². The Labute approximate surface area is 160 Å². The molecule has 1 fully saturated rings. The molecule has 138 valence electrons. The fourth-order valence-corrected chi connectivity index (χ4v) is 3.18. The van der Waals surface area contributed by atoms with Crippen LogP contribution < -0.4 is 10.2 Å². The number of hydrogen-bond donors (Lipinski definition) is 1. The van der Waals surface area contributed by atoms with Crippen LogP contribution in [0.25, 0.3) is 6.08 Å². The van der Waals surface area contributed by atoms with Crippen molar-refractivity contribution in [3.8, 4) is 6.07 Å². The van der Waals surface area contributed by atoms with Crippen LogP contribution >= 0.6 is 0 Å². The van der Waals surface area contributed by atoms with Gasteiger partial charge in [0.05, 0.1) is 11.6 Å². The second kappa shape index (κ2) is 8.52. The van der Waals surface area contributed by atoms with E-state index < -0.39 is 0 Å². The zero-order chi connectivity index (χ0) is 19.2. The Morgan fingerprint density at radius 3 is 2.48 bits per heavy atom. The molecule has 1 N–H and O–H groups in total. The summed E-state index contributed by atoms with van der Waals surface area (Å²) in [6, 6.07) is 17.7. The summed E-state index contributed by atoms with van der Waals surface area (Å²) in [6.45, 7) is 2.09. The zero-order valence-electron chi connectivity index (χ0n) is 15.7. The highest BCUT2D eigenvalue weighted by molar-refractivity contribution is 6.02. The third kappa shape index (κ3) is 4.96. The molecule has 0 saturated carbocycles. The van der Waals surface area contributed by atoms with E-state index in [0.29, 0.717) is 11.6 Å². The van der Waals surface area contributed by atoms with Crippen molar-refractivity contribution in [1.29, 1.82) is 5.26 Å². The van der Waals surface area contributed by atoms with Crippen LogP contribution in [0.4, 0.5) is 11.4 Å². The molecule has 5 heteroatoms. The van der Waals surface area contributed by atoms with Crippen molar-refractivity contribution in [3.05, 3.63) is 65.7 Å². The van der Waals surface area contributed by atoms with Gasteiger partial charge in [0.15, 0.2) is 0 Å². The van der Waals surface area contributed by atoms with Crippen molar-refractivity contribution in [2.24, 2.45) is 0 Å². The van der Waals surface area contributed by atoms with E-state index in [1.807, 2.05) is 24.3 Å². The predicted octanol–water partition coefficient (Wildman–Crippen LogP) is 3.35. The van der Waals surface area contributed by atoms with Crippen LogP contribution in [0, 0.1) is 11.3 Å². The van der Waals surface area contributed by atoms with Gasteiger partial charge in [-0.25, -0.2) is 0 Å². The van der Waals surface area contributed by atoms with E-state index in [9.17, 15) is 4.79 Å². The number of carbonyl (C=O) groups excluding carboxylic acids is 1. The number of likely N-dealkylation sites (N-methyl/N-ethyl adjacent to an activating group) is 1. The number of nitrogens with zero attached hydrogens (tertiary/aromatic N) is 3. The maximum Gasteiger partial charge on any atom is 0.248 e. The molecule has 2 aromatic carbocycles. The fourth-order valence-electron chi connectivity index (χ4n) is 3.18. The van der Waals surface area contributed by atoms with Gasteiger partial charge in [0, 0.05) is 36.6 Å². The minimum absolute atomic E-state index is 0.180.